The molecule has 3 rings (SSSR count). The van der Waals surface area contributed by atoms with Crippen LogP contribution < -0.4 is 14.2 Å². The van der Waals surface area contributed by atoms with Crippen LogP contribution in [0.5, 0.6) is 17.2 Å². The fraction of sp³-hybridized carbons (Fsp3) is 0.208. The quantitative estimate of drug-likeness (QED) is 0.487. The number of ether oxygens (including phenoxy) is 3. The van der Waals surface area contributed by atoms with E-state index in [1.54, 1.807) is 50.7 Å². The molecule has 0 saturated carbocycles. The molecule has 6 heteroatoms. The number of carbonyl (C=O) groups is 1. The minimum Gasteiger partial charge on any atom is -0.493 e. The lowest BCUT2D eigenvalue weighted by atomic mass is 10.1. The Balaban J connectivity index is 1.87. The van der Waals surface area contributed by atoms with Crippen molar-refractivity contribution < 1.29 is 23.8 Å². The van der Waals surface area contributed by atoms with Gasteiger partial charge in [0.1, 0.15) is 0 Å². The van der Waals surface area contributed by atoms with Crippen LogP contribution in [-0.4, -0.2) is 32.4 Å². The number of methoxy groups -OCH3 is 3. The smallest absolute Gasteiger partial charge is 0.357 e. The third-order valence-corrected chi connectivity index (χ3v) is 4.51. The SMILES string of the molecule is COc1cc(CN(Cc2ccccc2)OC(=O)c2ccccc2)cc(OC)c1OC. The van der Waals surface area contributed by atoms with Crippen LogP contribution >= 0.6 is 0 Å². The van der Waals surface area contributed by atoms with Gasteiger partial charge in [0.2, 0.25) is 5.75 Å². The molecule has 30 heavy (non-hydrogen) atoms. The van der Waals surface area contributed by atoms with E-state index in [1.165, 1.54) is 0 Å². The van der Waals surface area contributed by atoms with E-state index in [-0.39, 0.29) is 0 Å². The van der Waals surface area contributed by atoms with Crippen molar-refractivity contribution >= 4 is 5.97 Å². The van der Waals surface area contributed by atoms with Crippen molar-refractivity contribution in [3.05, 3.63) is 89.5 Å². The van der Waals surface area contributed by atoms with E-state index in [0.29, 0.717) is 35.9 Å². The van der Waals surface area contributed by atoms with Crippen molar-refractivity contribution in [1.29, 1.82) is 0 Å². The van der Waals surface area contributed by atoms with Gasteiger partial charge in [-0.3, -0.25) is 0 Å². The molecule has 0 saturated heterocycles. The summed E-state index contributed by atoms with van der Waals surface area (Å²) >= 11 is 0. The molecule has 156 valence electrons. The molecule has 3 aromatic rings. The van der Waals surface area contributed by atoms with Gasteiger partial charge in [-0.25, -0.2) is 4.79 Å². The fourth-order valence-corrected chi connectivity index (χ4v) is 3.08. The maximum atomic E-state index is 12.6. The number of nitrogens with zero attached hydrogens (tertiary/aromatic N) is 1. The highest BCUT2D eigenvalue weighted by molar-refractivity contribution is 5.89. The van der Waals surface area contributed by atoms with Gasteiger partial charge in [0.25, 0.3) is 0 Å². The molecule has 0 N–H and O–H groups in total. The lowest BCUT2D eigenvalue weighted by molar-refractivity contribution is -0.123. The van der Waals surface area contributed by atoms with Crippen LogP contribution in [0.1, 0.15) is 21.5 Å². The molecule has 0 bridgehead atoms. The van der Waals surface area contributed by atoms with Gasteiger partial charge in [-0.05, 0) is 35.4 Å². The van der Waals surface area contributed by atoms with Crippen LogP contribution in [0.2, 0.25) is 0 Å². The minimum atomic E-state index is -0.418. The molecule has 6 nitrogen and oxygen atoms in total. The predicted octanol–water partition coefficient (Wildman–Crippen LogP) is 4.49. The van der Waals surface area contributed by atoms with E-state index in [2.05, 4.69) is 0 Å². The summed E-state index contributed by atoms with van der Waals surface area (Å²) in [5.41, 5.74) is 2.35. The third-order valence-electron chi connectivity index (χ3n) is 4.51. The molecule has 0 aliphatic carbocycles. The van der Waals surface area contributed by atoms with Crippen molar-refractivity contribution in [2.75, 3.05) is 21.3 Å². The first-order valence-corrected chi connectivity index (χ1v) is 9.49. The molecule has 0 amide bonds. The van der Waals surface area contributed by atoms with Crippen LogP contribution in [0.4, 0.5) is 0 Å². The van der Waals surface area contributed by atoms with E-state index in [1.807, 2.05) is 48.5 Å². The number of hydroxylamine groups is 2. The van der Waals surface area contributed by atoms with Crippen LogP contribution in [0.3, 0.4) is 0 Å². The molecule has 3 aromatic carbocycles. The van der Waals surface area contributed by atoms with Crippen molar-refractivity contribution in [3.63, 3.8) is 0 Å². The van der Waals surface area contributed by atoms with Gasteiger partial charge in [-0.15, -0.1) is 5.06 Å². The van der Waals surface area contributed by atoms with E-state index in [9.17, 15) is 4.79 Å². The van der Waals surface area contributed by atoms with Crippen LogP contribution in [0.25, 0.3) is 0 Å². The van der Waals surface area contributed by atoms with E-state index < -0.39 is 5.97 Å². The molecule has 0 aliphatic heterocycles. The van der Waals surface area contributed by atoms with Crippen LogP contribution in [-0.2, 0) is 17.9 Å². The summed E-state index contributed by atoms with van der Waals surface area (Å²) in [5.74, 6) is 1.18. The molecule has 0 radical (unpaired) electrons. The molecule has 0 heterocycles. The molecule has 0 aromatic heterocycles. The summed E-state index contributed by atoms with van der Waals surface area (Å²) in [6.45, 7) is 0.764. The Morgan fingerprint density at radius 1 is 0.733 bits per heavy atom. The van der Waals surface area contributed by atoms with Crippen LogP contribution in [0, 0.1) is 0 Å². The first kappa shape index (κ1) is 21.2. The zero-order chi connectivity index (χ0) is 21.3. The first-order chi connectivity index (χ1) is 14.6. The van der Waals surface area contributed by atoms with Gasteiger partial charge in [-0.1, -0.05) is 48.5 Å². The van der Waals surface area contributed by atoms with E-state index in [0.717, 1.165) is 11.1 Å². The zero-order valence-corrected chi connectivity index (χ0v) is 17.3. The number of hydrogen-bond acceptors (Lipinski definition) is 6. The molecule has 0 atom stereocenters. The Bertz CT molecular complexity index is 935. The average molecular weight is 407 g/mol. The van der Waals surface area contributed by atoms with Gasteiger partial charge in [0.15, 0.2) is 11.5 Å². The highest BCUT2D eigenvalue weighted by Crippen LogP contribution is 2.38. The lowest BCUT2D eigenvalue weighted by Gasteiger charge is -2.22. The Kier molecular flexibility index (Phi) is 7.29. The fourth-order valence-electron chi connectivity index (χ4n) is 3.08. The summed E-state index contributed by atoms with van der Waals surface area (Å²) in [4.78, 5) is 18.4. The summed E-state index contributed by atoms with van der Waals surface area (Å²) in [5, 5.41) is 1.62. The number of rotatable bonds is 9. The highest BCUT2D eigenvalue weighted by Gasteiger charge is 2.18. The summed E-state index contributed by atoms with van der Waals surface area (Å²) in [6, 6.07) is 22.4. The molecule has 0 unspecified atom stereocenters. The predicted molar refractivity (Wildman–Crippen MR) is 114 cm³/mol. The van der Waals surface area contributed by atoms with Gasteiger partial charge in [-0.2, -0.15) is 0 Å². The monoisotopic (exact) mass is 407 g/mol. The standard InChI is InChI=1S/C24H25NO5/c1-27-21-14-19(15-22(28-2)23(21)29-3)17-25(16-18-10-6-4-7-11-18)30-24(26)20-12-8-5-9-13-20/h4-15H,16-17H2,1-3H3. The van der Waals surface area contributed by atoms with Crippen molar-refractivity contribution in [2.24, 2.45) is 0 Å². The minimum absolute atomic E-state index is 0.337. The topological polar surface area (TPSA) is 57.2 Å². The van der Waals surface area contributed by atoms with E-state index >= 15 is 0 Å². The highest BCUT2D eigenvalue weighted by atomic mass is 16.7. The second kappa shape index (κ2) is 10.3. The molecule has 0 aliphatic rings. The first-order valence-electron chi connectivity index (χ1n) is 9.49. The average Bonchev–Trinajstić information content (AvgIpc) is 2.79. The zero-order valence-electron chi connectivity index (χ0n) is 17.3. The molecule has 0 fully saturated rings. The second-order valence-corrected chi connectivity index (χ2v) is 6.56. The van der Waals surface area contributed by atoms with Gasteiger partial charge in [0.05, 0.1) is 40.0 Å². The second-order valence-electron chi connectivity index (χ2n) is 6.56. The molecule has 0 spiro atoms. The normalized spacial score (nSPS) is 10.5. The maximum Gasteiger partial charge on any atom is 0.357 e. The van der Waals surface area contributed by atoms with Crippen molar-refractivity contribution in [2.45, 2.75) is 13.1 Å². The van der Waals surface area contributed by atoms with Gasteiger partial charge >= 0.3 is 5.97 Å². The number of carbonyl (C=O) groups excluding carboxylic acids is 1. The molecular weight excluding hydrogens is 382 g/mol. The van der Waals surface area contributed by atoms with Gasteiger partial charge in [0, 0.05) is 0 Å². The number of hydrogen-bond donors (Lipinski definition) is 0. The number of benzene rings is 3. The van der Waals surface area contributed by atoms with E-state index in [4.69, 9.17) is 19.0 Å². The Morgan fingerprint density at radius 3 is 1.80 bits per heavy atom. The largest absolute Gasteiger partial charge is 0.493 e. The Morgan fingerprint density at radius 2 is 1.27 bits per heavy atom. The molecular formula is C24H25NO5. The summed E-state index contributed by atoms with van der Waals surface area (Å²) < 4.78 is 16.3. The maximum absolute atomic E-state index is 12.6. The lowest BCUT2D eigenvalue weighted by Crippen LogP contribution is -2.27. The van der Waals surface area contributed by atoms with Crippen molar-refractivity contribution in [1.82, 2.24) is 5.06 Å². The Labute approximate surface area is 176 Å². The van der Waals surface area contributed by atoms with Gasteiger partial charge < -0.3 is 19.0 Å². The summed E-state index contributed by atoms with van der Waals surface area (Å²) in [7, 11) is 4.69. The van der Waals surface area contributed by atoms with Crippen molar-refractivity contribution in [3.8, 4) is 17.2 Å². The van der Waals surface area contributed by atoms with Crippen LogP contribution in [0.15, 0.2) is 72.8 Å². The third kappa shape index (κ3) is 5.30. The summed E-state index contributed by atoms with van der Waals surface area (Å²) in [6.07, 6.45) is 0. The Hall–Kier alpha value is -3.51.